The highest BCUT2D eigenvalue weighted by Gasteiger charge is 2.19. The monoisotopic (exact) mass is 330 g/mol. The van der Waals surface area contributed by atoms with Crippen LogP contribution in [0.15, 0.2) is 42.5 Å². The van der Waals surface area contributed by atoms with Crippen LogP contribution in [0.1, 0.15) is 23.5 Å². The number of anilines is 1. The first-order valence-corrected chi connectivity index (χ1v) is 7.71. The smallest absolute Gasteiger partial charge is 0.210 e. The molecule has 0 heterocycles. The highest BCUT2D eigenvalue weighted by Crippen LogP contribution is 2.32. The second-order valence-corrected chi connectivity index (χ2v) is 5.61. The normalized spacial score (nSPS) is 11.8. The zero-order chi connectivity index (χ0) is 17.5. The van der Waals surface area contributed by atoms with Crippen LogP contribution in [0.4, 0.5) is 5.69 Å². The van der Waals surface area contributed by atoms with Gasteiger partial charge in [-0.25, -0.2) is 0 Å². The summed E-state index contributed by atoms with van der Waals surface area (Å²) in [6.45, 7) is -0.121. The van der Waals surface area contributed by atoms with E-state index in [4.69, 9.17) is 15.2 Å². The summed E-state index contributed by atoms with van der Waals surface area (Å²) in [5.74, 6) is 0.993. The maximum Gasteiger partial charge on any atom is 0.210 e. The predicted molar refractivity (Wildman–Crippen MR) is 93.3 cm³/mol. The fourth-order valence-electron chi connectivity index (χ4n) is 2.68. The molecule has 128 valence electrons. The Labute approximate surface area is 141 Å². The number of hydrogen-bond acceptors (Lipinski definition) is 5. The largest absolute Gasteiger partial charge is 0.493 e. The molecule has 0 radical (unpaired) electrons. The second-order valence-electron chi connectivity index (χ2n) is 5.61. The molecule has 0 aliphatic carbocycles. The Hall–Kier alpha value is -2.76. The molecule has 2 N–H and O–H groups in total. The van der Waals surface area contributed by atoms with E-state index in [-0.39, 0.29) is 17.4 Å². The van der Waals surface area contributed by atoms with Crippen LogP contribution in [0.25, 0.3) is 0 Å². The number of methoxy groups -OCH3 is 2. The molecule has 1 atom stereocenters. The molecule has 0 saturated carbocycles. The van der Waals surface area contributed by atoms with Crippen LogP contribution in [0.2, 0.25) is 0 Å². The van der Waals surface area contributed by atoms with E-state index < -0.39 is 0 Å². The van der Waals surface area contributed by atoms with Crippen molar-refractivity contribution in [2.75, 3.05) is 26.5 Å². The lowest BCUT2D eigenvalue weighted by Crippen LogP contribution is -2.14. The number of nitrogens with two attached hydrogens (primary N) is 1. The van der Waals surface area contributed by atoms with Gasteiger partial charge in [0.25, 0.3) is 0 Å². The lowest BCUT2D eigenvalue weighted by Gasteiger charge is -2.16. The summed E-state index contributed by atoms with van der Waals surface area (Å²) >= 11 is 0. The lowest BCUT2D eigenvalue weighted by molar-refractivity contribution is -0.483. The molecule has 0 fully saturated rings. The van der Waals surface area contributed by atoms with E-state index >= 15 is 0 Å². The van der Waals surface area contributed by atoms with Gasteiger partial charge in [0.05, 0.1) is 14.2 Å². The van der Waals surface area contributed by atoms with Crippen molar-refractivity contribution < 1.29 is 14.4 Å². The van der Waals surface area contributed by atoms with Crippen molar-refractivity contribution in [3.63, 3.8) is 0 Å². The molecule has 2 aromatic rings. The molecule has 2 rings (SSSR count). The quantitative estimate of drug-likeness (QED) is 0.456. The fraction of sp³-hybridized carbons (Fsp3) is 0.333. The summed E-state index contributed by atoms with van der Waals surface area (Å²) in [5.41, 5.74) is 8.38. The van der Waals surface area contributed by atoms with Gasteiger partial charge in [0, 0.05) is 16.5 Å². The number of rotatable bonds is 8. The van der Waals surface area contributed by atoms with Gasteiger partial charge < -0.3 is 15.2 Å². The summed E-state index contributed by atoms with van der Waals surface area (Å²) in [4.78, 5) is 10.8. The summed E-state index contributed by atoms with van der Waals surface area (Å²) in [6.07, 6.45) is 1.41. The third kappa shape index (κ3) is 4.62. The van der Waals surface area contributed by atoms with Crippen molar-refractivity contribution in [1.82, 2.24) is 0 Å². The van der Waals surface area contributed by atoms with Crippen LogP contribution < -0.4 is 15.2 Å². The van der Waals surface area contributed by atoms with E-state index in [9.17, 15) is 10.1 Å². The van der Waals surface area contributed by atoms with Gasteiger partial charge in [-0.15, -0.1) is 0 Å². The summed E-state index contributed by atoms with van der Waals surface area (Å²) in [5, 5.41) is 11.0. The highest BCUT2D eigenvalue weighted by atomic mass is 16.6. The van der Waals surface area contributed by atoms with Crippen molar-refractivity contribution >= 4 is 5.69 Å². The molecule has 0 bridgehead atoms. The van der Waals surface area contributed by atoms with Gasteiger partial charge in [0.2, 0.25) is 6.54 Å². The van der Waals surface area contributed by atoms with Gasteiger partial charge >= 0.3 is 0 Å². The second kappa shape index (κ2) is 8.19. The van der Waals surface area contributed by atoms with Gasteiger partial charge in [0.15, 0.2) is 11.5 Å². The Bertz CT molecular complexity index is 686. The molecular formula is C18H22N2O4. The maximum absolute atomic E-state index is 11.0. The van der Waals surface area contributed by atoms with Gasteiger partial charge in [-0.05, 0) is 48.2 Å². The molecule has 6 nitrogen and oxygen atoms in total. The van der Waals surface area contributed by atoms with Crippen molar-refractivity contribution in [2.45, 2.75) is 18.8 Å². The Kier molecular flexibility index (Phi) is 6.01. The van der Waals surface area contributed by atoms with Gasteiger partial charge in [-0.1, -0.05) is 18.2 Å². The third-order valence-corrected chi connectivity index (χ3v) is 4.01. The summed E-state index contributed by atoms with van der Waals surface area (Å²) in [6, 6.07) is 13.0. The highest BCUT2D eigenvalue weighted by molar-refractivity contribution is 5.44. The predicted octanol–water partition coefficient (Wildman–Crippen LogP) is 3.28. The van der Waals surface area contributed by atoms with Crippen LogP contribution in [-0.4, -0.2) is 25.7 Å². The first-order chi connectivity index (χ1) is 11.5. The molecule has 6 heteroatoms. The van der Waals surface area contributed by atoms with E-state index in [0.717, 1.165) is 17.5 Å². The standard InChI is InChI=1S/C18H22N2O4/c1-23-17-10-7-14(11-18(17)24-2)15(12-20(21)22)6-3-13-4-8-16(19)9-5-13/h4-5,7-11,15H,3,6,12,19H2,1-2H3. The van der Waals surface area contributed by atoms with Crippen molar-refractivity contribution in [2.24, 2.45) is 0 Å². The molecule has 2 aromatic carbocycles. The molecule has 0 saturated heterocycles. The minimum absolute atomic E-state index is 0.121. The summed E-state index contributed by atoms with van der Waals surface area (Å²) < 4.78 is 10.5. The molecule has 0 spiro atoms. The van der Waals surface area contributed by atoms with E-state index in [1.165, 1.54) is 0 Å². The number of ether oxygens (including phenoxy) is 2. The van der Waals surface area contributed by atoms with Crippen molar-refractivity contribution in [1.29, 1.82) is 0 Å². The van der Waals surface area contributed by atoms with Crippen LogP contribution in [-0.2, 0) is 6.42 Å². The van der Waals surface area contributed by atoms with E-state index in [2.05, 4.69) is 0 Å². The zero-order valence-electron chi connectivity index (χ0n) is 13.9. The number of nitro groups is 1. The fourth-order valence-corrected chi connectivity index (χ4v) is 2.68. The Morgan fingerprint density at radius 2 is 1.75 bits per heavy atom. The van der Waals surface area contributed by atoms with Gasteiger partial charge in [0.1, 0.15) is 0 Å². The zero-order valence-corrected chi connectivity index (χ0v) is 13.9. The average Bonchev–Trinajstić information content (AvgIpc) is 2.59. The molecule has 0 aliphatic heterocycles. The number of hydrogen-bond donors (Lipinski definition) is 1. The van der Waals surface area contributed by atoms with Crippen LogP contribution in [0, 0.1) is 10.1 Å². The molecule has 0 aromatic heterocycles. The first-order valence-electron chi connectivity index (χ1n) is 7.71. The molecule has 24 heavy (non-hydrogen) atoms. The van der Waals surface area contributed by atoms with E-state index in [1.807, 2.05) is 36.4 Å². The average molecular weight is 330 g/mol. The van der Waals surface area contributed by atoms with Crippen LogP contribution in [0.3, 0.4) is 0 Å². The number of nitrogen functional groups attached to an aromatic ring is 1. The first kappa shape index (κ1) is 17.6. The van der Waals surface area contributed by atoms with E-state index in [0.29, 0.717) is 23.6 Å². The van der Waals surface area contributed by atoms with Crippen LogP contribution in [0.5, 0.6) is 11.5 Å². The van der Waals surface area contributed by atoms with Crippen LogP contribution >= 0.6 is 0 Å². The SMILES string of the molecule is COc1ccc(C(CCc2ccc(N)cc2)C[N+](=O)[O-])cc1OC. The van der Waals surface area contributed by atoms with Crippen molar-refractivity contribution in [3.8, 4) is 11.5 Å². The molecule has 0 amide bonds. The molecule has 0 aliphatic rings. The number of benzene rings is 2. The number of aryl methyl sites for hydroxylation is 1. The molecule has 1 unspecified atom stereocenters. The van der Waals surface area contributed by atoms with Crippen molar-refractivity contribution in [3.05, 3.63) is 63.7 Å². The Balaban J connectivity index is 2.18. The lowest BCUT2D eigenvalue weighted by atomic mass is 9.92. The van der Waals surface area contributed by atoms with Gasteiger partial charge in [-0.2, -0.15) is 0 Å². The minimum atomic E-state index is -0.273. The Morgan fingerprint density at radius 1 is 1.08 bits per heavy atom. The maximum atomic E-state index is 11.0. The van der Waals surface area contributed by atoms with Gasteiger partial charge in [-0.3, -0.25) is 10.1 Å². The minimum Gasteiger partial charge on any atom is -0.493 e. The third-order valence-electron chi connectivity index (χ3n) is 4.01. The topological polar surface area (TPSA) is 87.6 Å². The van der Waals surface area contributed by atoms with E-state index in [1.54, 1.807) is 20.3 Å². The molecular weight excluding hydrogens is 308 g/mol. The summed E-state index contributed by atoms with van der Waals surface area (Å²) in [7, 11) is 3.12. The Morgan fingerprint density at radius 3 is 2.33 bits per heavy atom. The number of nitrogens with zero attached hydrogens (tertiary/aromatic N) is 1.